The van der Waals surface area contributed by atoms with Crippen LogP contribution in [0.15, 0.2) is 0 Å². The van der Waals surface area contributed by atoms with Crippen molar-refractivity contribution in [2.75, 3.05) is 17.5 Å². The van der Waals surface area contributed by atoms with Crippen molar-refractivity contribution in [3.63, 3.8) is 0 Å². The maximum Gasteiger partial charge on any atom is 0.0122 e. The summed E-state index contributed by atoms with van der Waals surface area (Å²) >= 11 is 5.12. The summed E-state index contributed by atoms with van der Waals surface area (Å²) in [5.74, 6) is 1.64. The van der Waals surface area contributed by atoms with Crippen LogP contribution in [0.2, 0.25) is 0 Å². The van der Waals surface area contributed by atoms with E-state index in [4.69, 9.17) is 0 Å². The lowest BCUT2D eigenvalue weighted by molar-refractivity contribution is 0.400. The average molecular weight is 479 g/mol. The van der Waals surface area contributed by atoms with Gasteiger partial charge in [-0.2, -0.15) is 0 Å². The highest BCUT2D eigenvalue weighted by atomic mass is 127. The summed E-state index contributed by atoms with van der Waals surface area (Å²) in [7, 11) is 0. The summed E-state index contributed by atoms with van der Waals surface area (Å²) in [5, 5.41) is 3.62. The molecule has 0 saturated carbocycles. The van der Waals surface area contributed by atoms with E-state index in [0.29, 0.717) is 0 Å². The first kappa shape index (κ1) is 19.4. The Kier molecular flexibility index (Phi) is 14.5. The van der Waals surface area contributed by atoms with E-state index < -0.39 is 0 Å². The van der Waals surface area contributed by atoms with Gasteiger partial charge in [0.2, 0.25) is 0 Å². The molecule has 0 heterocycles. The van der Waals surface area contributed by atoms with Crippen LogP contribution >= 0.6 is 45.2 Å². The predicted molar refractivity (Wildman–Crippen MR) is 101 cm³/mol. The zero-order valence-electron chi connectivity index (χ0n) is 12.4. The van der Waals surface area contributed by atoms with Gasteiger partial charge in [0.25, 0.3) is 0 Å². The highest BCUT2D eigenvalue weighted by Gasteiger charge is 2.10. The van der Waals surface area contributed by atoms with Crippen LogP contribution in [-0.2, 0) is 0 Å². The largest absolute Gasteiger partial charge is 0.316 e. The van der Waals surface area contributed by atoms with E-state index in [1.165, 1.54) is 56.0 Å². The summed E-state index contributed by atoms with van der Waals surface area (Å²) < 4.78 is 2.14. The van der Waals surface area contributed by atoms with Crippen LogP contribution in [0.3, 0.4) is 0 Å². The molecule has 0 aromatic carbocycles. The molecule has 3 heteroatoms. The fourth-order valence-electron chi connectivity index (χ4n) is 1.88. The number of alkyl halides is 2. The molecule has 1 nitrogen and oxygen atoms in total. The maximum absolute atomic E-state index is 3.62. The van der Waals surface area contributed by atoms with E-state index in [-0.39, 0.29) is 0 Å². The lowest BCUT2D eigenvalue weighted by atomic mass is 9.98. The third-order valence-corrected chi connectivity index (χ3v) is 6.32. The van der Waals surface area contributed by atoms with Gasteiger partial charge in [-0.3, -0.25) is 0 Å². The van der Waals surface area contributed by atoms with Gasteiger partial charge in [0.1, 0.15) is 0 Å². The number of hydrogen-bond acceptors (Lipinski definition) is 1. The first-order valence-corrected chi connectivity index (χ1v) is 10.3. The molecule has 18 heavy (non-hydrogen) atoms. The quantitative estimate of drug-likeness (QED) is 0.223. The summed E-state index contributed by atoms with van der Waals surface area (Å²) in [5.41, 5.74) is 0. The Morgan fingerprint density at radius 1 is 1.00 bits per heavy atom. The number of hydrogen-bond donors (Lipinski definition) is 1. The van der Waals surface area contributed by atoms with Crippen molar-refractivity contribution in [3.05, 3.63) is 0 Å². The lowest BCUT2D eigenvalue weighted by Crippen LogP contribution is -2.27. The average Bonchev–Trinajstić information content (AvgIpc) is 2.38. The molecule has 0 aliphatic rings. The fraction of sp³-hybridized carbons (Fsp3) is 1.00. The van der Waals surface area contributed by atoms with Crippen molar-refractivity contribution in [1.29, 1.82) is 0 Å². The summed E-state index contributed by atoms with van der Waals surface area (Å²) in [6.45, 7) is 9.38. The van der Waals surface area contributed by atoms with Gasteiger partial charge in [-0.25, -0.2) is 0 Å². The van der Waals surface area contributed by atoms with E-state index in [1.54, 1.807) is 0 Å². The minimum atomic E-state index is 0.805. The Bertz CT molecular complexity index is 176. The van der Waals surface area contributed by atoms with E-state index in [1.807, 2.05) is 0 Å². The van der Waals surface area contributed by atoms with Crippen LogP contribution in [0.25, 0.3) is 0 Å². The van der Waals surface area contributed by atoms with Crippen LogP contribution in [0, 0.1) is 11.8 Å². The molecule has 0 amide bonds. The molecule has 0 aromatic heterocycles. The molecule has 3 atom stereocenters. The number of nitrogens with one attached hydrogen (secondary N) is 1. The van der Waals surface area contributed by atoms with Gasteiger partial charge in [-0.05, 0) is 37.8 Å². The van der Waals surface area contributed by atoms with Crippen LogP contribution in [0.4, 0.5) is 0 Å². The van der Waals surface area contributed by atoms with Gasteiger partial charge in [0, 0.05) is 8.35 Å². The third-order valence-electron chi connectivity index (χ3n) is 3.69. The third kappa shape index (κ3) is 11.3. The summed E-state index contributed by atoms with van der Waals surface area (Å²) in [4.78, 5) is 0. The molecule has 0 fully saturated rings. The highest BCUT2D eigenvalue weighted by molar-refractivity contribution is 14.1. The van der Waals surface area contributed by atoms with Gasteiger partial charge >= 0.3 is 0 Å². The normalized spacial score (nSPS) is 16.5. The fourth-order valence-corrected chi connectivity index (χ4v) is 3.50. The molecule has 0 aliphatic heterocycles. The topological polar surface area (TPSA) is 12.0 Å². The molecule has 0 saturated heterocycles. The number of rotatable bonds is 12. The summed E-state index contributed by atoms with van der Waals surface area (Å²) in [6, 6.07) is 0. The van der Waals surface area contributed by atoms with E-state index in [2.05, 4.69) is 71.3 Å². The second-order valence-electron chi connectivity index (χ2n) is 5.55. The van der Waals surface area contributed by atoms with Crippen LogP contribution < -0.4 is 5.32 Å². The van der Waals surface area contributed by atoms with Gasteiger partial charge in [0.05, 0.1) is 0 Å². The summed E-state index contributed by atoms with van der Waals surface area (Å²) in [6.07, 6.45) is 8.34. The van der Waals surface area contributed by atoms with Crippen molar-refractivity contribution >= 4 is 45.2 Å². The monoisotopic (exact) mass is 479 g/mol. The molecule has 0 spiro atoms. The molecule has 0 bridgehead atoms. The second-order valence-corrected chi connectivity index (χ2v) is 8.19. The van der Waals surface area contributed by atoms with Gasteiger partial charge in [-0.15, -0.1) is 0 Å². The van der Waals surface area contributed by atoms with Gasteiger partial charge in [-0.1, -0.05) is 91.6 Å². The van der Waals surface area contributed by atoms with Crippen molar-refractivity contribution in [3.8, 4) is 0 Å². The zero-order chi connectivity index (χ0) is 13.8. The highest BCUT2D eigenvalue weighted by Crippen LogP contribution is 2.16. The molecule has 0 aliphatic carbocycles. The Labute approximate surface area is 142 Å². The van der Waals surface area contributed by atoms with Gasteiger partial charge in [0.15, 0.2) is 0 Å². The standard InChI is InChI=1S/C15H31I2N/c1-4-5-6-7-8-15(17)9-10-18-12-14(3)13(2)11-16/h13-15,18H,4-12H2,1-3H3. The predicted octanol–water partition coefficient (Wildman–Crippen LogP) is 5.45. The smallest absolute Gasteiger partial charge is 0.0122 e. The Balaban J connectivity index is 3.37. The van der Waals surface area contributed by atoms with Crippen molar-refractivity contribution in [2.45, 2.75) is 63.2 Å². The van der Waals surface area contributed by atoms with E-state index >= 15 is 0 Å². The number of halogens is 2. The lowest BCUT2D eigenvalue weighted by Gasteiger charge is -2.18. The molecule has 1 N–H and O–H groups in total. The van der Waals surface area contributed by atoms with Crippen molar-refractivity contribution < 1.29 is 0 Å². The van der Waals surface area contributed by atoms with E-state index in [0.717, 1.165) is 15.8 Å². The van der Waals surface area contributed by atoms with Crippen LogP contribution in [-0.4, -0.2) is 21.4 Å². The Morgan fingerprint density at radius 2 is 1.72 bits per heavy atom. The first-order valence-electron chi connectivity index (χ1n) is 7.52. The minimum absolute atomic E-state index is 0.805. The second kappa shape index (κ2) is 13.4. The molecular weight excluding hydrogens is 448 g/mol. The van der Waals surface area contributed by atoms with Gasteiger partial charge < -0.3 is 5.32 Å². The number of unbranched alkanes of at least 4 members (excludes halogenated alkanes) is 3. The van der Waals surface area contributed by atoms with Crippen LogP contribution in [0.5, 0.6) is 0 Å². The molecule has 0 radical (unpaired) electrons. The minimum Gasteiger partial charge on any atom is -0.316 e. The van der Waals surface area contributed by atoms with E-state index in [9.17, 15) is 0 Å². The molecule has 0 aromatic rings. The molecular formula is C15H31I2N. The Morgan fingerprint density at radius 3 is 2.33 bits per heavy atom. The maximum atomic E-state index is 3.62. The van der Waals surface area contributed by atoms with Crippen molar-refractivity contribution in [1.82, 2.24) is 5.32 Å². The first-order chi connectivity index (χ1) is 8.61. The van der Waals surface area contributed by atoms with Crippen LogP contribution in [0.1, 0.15) is 59.3 Å². The SMILES string of the molecule is CCCCCCC(I)CCNCC(C)C(C)CI. The Hall–Kier alpha value is 1.42. The molecule has 3 unspecified atom stereocenters. The van der Waals surface area contributed by atoms with Crippen molar-refractivity contribution in [2.24, 2.45) is 11.8 Å². The molecule has 110 valence electrons. The zero-order valence-corrected chi connectivity index (χ0v) is 16.7. The molecule has 0 rings (SSSR count).